The monoisotopic (exact) mass is 388 g/mol. The molecule has 1 fully saturated rings. The molecular formula is C25H28N2O2. The van der Waals surface area contributed by atoms with Gasteiger partial charge in [-0.1, -0.05) is 49.2 Å². The molecule has 1 aliphatic rings. The zero-order valence-corrected chi connectivity index (χ0v) is 16.9. The minimum absolute atomic E-state index is 0.0143. The second-order valence-electron chi connectivity index (χ2n) is 7.59. The molecular weight excluding hydrogens is 360 g/mol. The first-order valence-corrected chi connectivity index (χ1v) is 10.3. The zero-order valence-electron chi connectivity index (χ0n) is 16.9. The van der Waals surface area contributed by atoms with E-state index < -0.39 is 0 Å². The number of ether oxygens (including phenoxy) is 2. The van der Waals surface area contributed by atoms with Crippen LogP contribution in [0.1, 0.15) is 42.5 Å². The normalized spacial score (nSPS) is 15.2. The van der Waals surface area contributed by atoms with Crippen LogP contribution in [0.2, 0.25) is 0 Å². The first-order chi connectivity index (χ1) is 14.3. The topological polar surface area (TPSA) is 43.4 Å². The van der Waals surface area contributed by atoms with E-state index in [1.54, 1.807) is 13.3 Å². The van der Waals surface area contributed by atoms with Gasteiger partial charge in [-0.25, -0.2) is 0 Å². The minimum atomic E-state index is 0.0143. The maximum absolute atomic E-state index is 6.09. The van der Waals surface area contributed by atoms with Crippen LogP contribution in [0.25, 0.3) is 0 Å². The highest BCUT2D eigenvalue weighted by atomic mass is 16.5. The van der Waals surface area contributed by atoms with Gasteiger partial charge in [-0.3, -0.25) is 4.98 Å². The molecule has 4 rings (SSSR count). The van der Waals surface area contributed by atoms with Crippen LogP contribution in [0.4, 0.5) is 0 Å². The van der Waals surface area contributed by atoms with Crippen LogP contribution >= 0.6 is 0 Å². The number of hydrogen-bond donors (Lipinski definition) is 1. The molecule has 1 aromatic heterocycles. The van der Waals surface area contributed by atoms with Crippen LogP contribution < -0.4 is 14.8 Å². The Labute approximate surface area is 172 Å². The number of methoxy groups -OCH3 is 1. The minimum Gasteiger partial charge on any atom is -0.497 e. The van der Waals surface area contributed by atoms with Crippen LogP contribution in [0.15, 0.2) is 72.9 Å². The van der Waals surface area contributed by atoms with Crippen molar-refractivity contribution >= 4 is 0 Å². The lowest BCUT2D eigenvalue weighted by Gasteiger charge is -2.32. The SMILES string of the molecule is COc1ccc(C2(NCc3ccccc3OCc3ccccn3)CCCC2)cc1. The van der Waals surface area contributed by atoms with E-state index >= 15 is 0 Å². The molecule has 0 spiro atoms. The molecule has 0 atom stereocenters. The van der Waals surface area contributed by atoms with Crippen LogP contribution in [-0.2, 0) is 18.7 Å². The lowest BCUT2D eigenvalue weighted by Crippen LogP contribution is -2.39. The van der Waals surface area contributed by atoms with E-state index in [1.165, 1.54) is 24.0 Å². The third-order valence-corrected chi connectivity index (χ3v) is 5.79. The lowest BCUT2D eigenvalue weighted by atomic mass is 9.87. The predicted octanol–water partition coefficient (Wildman–Crippen LogP) is 5.23. The summed E-state index contributed by atoms with van der Waals surface area (Å²) >= 11 is 0. The van der Waals surface area contributed by atoms with Gasteiger partial charge in [0.1, 0.15) is 18.1 Å². The van der Waals surface area contributed by atoms with Gasteiger partial charge in [0.05, 0.1) is 12.8 Å². The van der Waals surface area contributed by atoms with Gasteiger partial charge in [0.15, 0.2) is 0 Å². The van der Waals surface area contributed by atoms with Gasteiger partial charge in [-0.15, -0.1) is 0 Å². The van der Waals surface area contributed by atoms with Gasteiger partial charge in [0.2, 0.25) is 0 Å². The molecule has 4 heteroatoms. The van der Waals surface area contributed by atoms with Crippen molar-refractivity contribution in [2.24, 2.45) is 0 Å². The largest absolute Gasteiger partial charge is 0.497 e. The number of pyridine rings is 1. The molecule has 0 aliphatic heterocycles. The van der Waals surface area contributed by atoms with Gasteiger partial charge < -0.3 is 14.8 Å². The highest BCUT2D eigenvalue weighted by Gasteiger charge is 2.35. The second-order valence-corrected chi connectivity index (χ2v) is 7.59. The number of aromatic nitrogens is 1. The Hall–Kier alpha value is -2.85. The Morgan fingerprint density at radius 3 is 2.41 bits per heavy atom. The molecule has 3 aromatic rings. The fourth-order valence-electron chi connectivity index (χ4n) is 4.15. The number of nitrogens with one attached hydrogen (secondary N) is 1. The van der Waals surface area contributed by atoms with Crippen molar-refractivity contribution in [1.82, 2.24) is 10.3 Å². The molecule has 0 radical (unpaired) electrons. The van der Waals surface area contributed by atoms with Gasteiger partial charge in [0.25, 0.3) is 0 Å². The van der Waals surface area contributed by atoms with Crippen molar-refractivity contribution < 1.29 is 9.47 Å². The van der Waals surface area contributed by atoms with E-state index in [4.69, 9.17) is 9.47 Å². The Bertz CT molecular complexity index is 904. The zero-order chi connectivity index (χ0) is 19.9. The third-order valence-electron chi connectivity index (χ3n) is 5.79. The Balaban J connectivity index is 1.48. The molecule has 0 bridgehead atoms. The summed E-state index contributed by atoms with van der Waals surface area (Å²) in [7, 11) is 1.71. The maximum atomic E-state index is 6.09. The van der Waals surface area contributed by atoms with Crippen molar-refractivity contribution in [3.8, 4) is 11.5 Å². The van der Waals surface area contributed by atoms with E-state index in [-0.39, 0.29) is 5.54 Å². The van der Waals surface area contributed by atoms with Crippen molar-refractivity contribution in [3.63, 3.8) is 0 Å². The maximum Gasteiger partial charge on any atom is 0.130 e. The average Bonchev–Trinajstić information content (AvgIpc) is 3.28. The summed E-state index contributed by atoms with van der Waals surface area (Å²) in [6, 6.07) is 22.7. The molecule has 0 amide bonds. The number of hydrogen-bond acceptors (Lipinski definition) is 4. The number of rotatable bonds is 8. The summed E-state index contributed by atoms with van der Waals surface area (Å²) in [6.07, 6.45) is 6.59. The van der Waals surface area contributed by atoms with Crippen molar-refractivity contribution in [2.75, 3.05) is 7.11 Å². The molecule has 4 nitrogen and oxygen atoms in total. The summed E-state index contributed by atoms with van der Waals surface area (Å²) in [5.74, 6) is 1.81. The summed E-state index contributed by atoms with van der Waals surface area (Å²) in [6.45, 7) is 1.24. The summed E-state index contributed by atoms with van der Waals surface area (Å²) < 4.78 is 11.4. The average molecular weight is 389 g/mol. The van der Waals surface area contributed by atoms with Crippen LogP contribution in [0, 0.1) is 0 Å². The summed E-state index contributed by atoms with van der Waals surface area (Å²) in [5, 5.41) is 3.87. The van der Waals surface area contributed by atoms with Crippen LogP contribution in [0.5, 0.6) is 11.5 Å². The number of nitrogens with zero attached hydrogens (tertiary/aromatic N) is 1. The molecule has 1 N–H and O–H groups in total. The summed E-state index contributed by atoms with van der Waals surface area (Å²) in [4.78, 5) is 4.35. The van der Waals surface area contributed by atoms with Crippen molar-refractivity contribution in [3.05, 3.63) is 89.7 Å². The molecule has 2 aromatic carbocycles. The smallest absolute Gasteiger partial charge is 0.130 e. The molecule has 29 heavy (non-hydrogen) atoms. The van der Waals surface area contributed by atoms with Crippen molar-refractivity contribution in [1.29, 1.82) is 0 Å². The van der Waals surface area contributed by atoms with Gasteiger partial charge in [-0.05, 0) is 48.7 Å². The Morgan fingerprint density at radius 2 is 1.69 bits per heavy atom. The van der Waals surface area contributed by atoms with E-state index in [9.17, 15) is 0 Å². The van der Waals surface area contributed by atoms with Gasteiger partial charge in [0, 0.05) is 23.8 Å². The molecule has 1 heterocycles. The fourth-order valence-corrected chi connectivity index (χ4v) is 4.15. The van der Waals surface area contributed by atoms with Gasteiger partial charge >= 0.3 is 0 Å². The van der Waals surface area contributed by atoms with Crippen LogP contribution in [0.3, 0.4) is 0 Å². The van der Waals surface area contributed by atoms with E-state index in [1.807, 2.05) is 30.3 Å². The Kier molecular flexibility index (Phi) is 6.11. The summed E-state index contributed by atoms with van der Waals surface area (Å²) in [5.41, 5.74) is 3.45. The fraction of sp³-hybridized carbons (Fsp3) is 0.320. The van der Waals surface area contributed by atoms with E-state index in [0.717, 1.165) is 36.6 Å². The first kappa shape index (κ1) is 19.5. The van der Waals surface area contributed by atoms with Gasteiger partial charge in [-0.2, -0.15) is 0 Å². The number of para-hydroxylation sites is 1. The molecule has 1 saturated carbocycles. The Morgan fingerprint density at radius 1 is 0.931 bits per heavy atom. The number of benzene rings is 2. The molecule has 0 saturated heterocycles. The second kappa shape index (κ2) is 9.10. The molecule has 150 valence electrons. The molecule has 0 unspecified atom stereocenters. The third kappa shape index (κ3) is 4.60. The predicted molar refractivity (Wildman–Crippen MR) is 115 cm³/mol. The standard InChI is InChI=1S/C25H28N2O2/c1-28-23-13-11-21(12-14-23)25(15-5-6-16-25)27-18-20-8-2-3-10-24(20)29-19-22-9-4-7-17-26-22/h2-4,7-14,17,27H,5-6,15-16,18-19H2,1H3. The lowest BCUT2D eigenvalue weighted by molar-refractivity contribution is 0.291. The highest BCUT2D eigenvalue weighted by molar-refractivity contribution is 5.35. The van der Waals surface area contributed by atoms with E-state index in [0.29, 0.717) is 6.61 Å². The highest BCUT2D eigenvalue weighted by Crippen LogP contribution is 2.39. The quantitative estimate of drug-likeness (QED) is 0.574. The van der Waals surface area contributed by atoms with Crippen LogP contribution in [-0.4, -0.2) is 12.1 Å². The van der Waals surface area contributed by atoms with E-state index in [2.05, 4.69) is 46.7 Å². The van der Waals surface area contributed by atoms with Crippen molar-refractivity contribution in [2.45, 2.75) is 44.4 Å². The first-order valence-electron chi connectivity index (χ1n) is 10.3. The molecule has 1 aliphatic carbocycles.